The first-order valence-corrected chi connectivity index (χ1v) is 9.71. The van der Waals surface area contributed by atoms with Gasteiger partial charge in [0.1, 0.15) is 5.70 Å². The van der Waals surface area contributed by atoms with Gasteiger partial charge in [-0.1, -0.05) is 41.4 Å². The standard InChI is InChI=1S/C21H18Cl2N2O3/c1-13-3-2-4-15(11-13)25-20(26)18(16-6-5-14(22)12-17(16)23)19(21(25)27)24-7-9-28-10-8-24/h2-6,11-12H,7-10H2,1H3. The first kappa shape index (κ1) is 19.0. The third-order valence-corrected chi connectivity index (χ3v) is 5.39. The number of nitrogens with zero attached hydrogens (tertiary/aromatic N) is 2. The number of ether oxygens (including phenoxy) is 1. The van der Waals surface area contributed by atoms with Crippen LogP contribution >= 0.6 is 23.2 Å². The normalized spacial score (nSPS) is 17.7. The maximum Gasteiger partial charge on any atom is 0.282 e. The van der Waals surface area contributed by atoms with Crippen LogP contribution in [0.1, 0.15) is 11.1 Å². The number of imide groups is 1. The molecule has 2 heterocycles. The van der Waals surface area contributed by atoms with E-state index >= 15 is 0 Å². The molecule has 144 valence electrons. The molecule has 2 amide bonds. The molecule has 1 saturated heterocycles. The highest BCUT2D eigenvalue weighted by molar-refractivity contribution is 6.47. The Morgan fingerprint density at radius 2 is 1.71 bits per heavy atom. The van der Waals surface area contributed by atoms with Crippen LogP contribution in [0.4, 0.5) is 5.69 Å². The first-order valence-electron chi connectivity index (χ1n) is 8.95. The minimum absolute atomic E-state index is 0.301. The van der Waals surface area contributed by atoms with Gasteiger partial charge in [-0.15, -0.1) is 0 Å². The number of carbonyl (C=O) groups is 2. The minimum Gasteiger partial charge on any atom is -0.378 e. The van der Waals surface area contributed by atoms with Crippen molar-refractivity contribution in [3.05, 3.63) is 69.3 Å². The molecule has 2 aromatic rings. The number of halogens is 2. The summed E-state index contributed by atoms with van der Waals surface area (Å²) < 4.78 is 5.41. The molecule has 0 atom stereocenters. The maximum absolute atomic E-state index is 13.4. The second kappa shape index (κ2) is 7.59. The van der Waals surface area contributed by atoms with Gasteiger partial charge in [0.15, 0.2) is 0 Å². The number of benzene rings is 2. The zero-order valence-electron chi connectivity index (χ0n) is 15.2. The van der Waals surface area contributed by atoms with Crippen LogP contribution in [0.3, 0.4) is 0 Å². The van der Waals surface area contributed by atoms with E-state index in [1.807, 2.05) is 30.0 Å². The Labute approximate surface area is 173 Å². The van der Waals surface area contributed by atoms with Gasteiger partial charge in [0.2, 0.25) is 0 Å². The fraction of sp³-hybridized carbons (Fsp3) is 0.238. The van der Waals surface area contributed by atoms with E-state index in [0.29, 0.717) is 58.9 Å². The highest BCUT2D eigenvalue weighted by Crippen LogP contribution is 2.38. The number of carbonyl (C=O) groups excluding carboxylic acids is 2. The van der Waals surface area contributed by atoms with E-state index in [4.69, 9.17) is 27.9 Å². The summed E-state index contributed by atoms with van der Waals surface area (Å²) in [7, 11) is 0. The predicted octanol–water partition coefficient (Wildman–Crippen LogP) is 3.92. The second-order valence-electron chi connectivity index (χ2n) is 6.73. The Kier molecular flexibility index (Phi) is 5.15. The molecule has 2 aromatic carbocycles. The number of rotatable bonds is 3. The van der Waals surface area contributed by atoms with Crippen LogP contribution in [0, 0.1) is 6.92 Å². The molecule has 4 rings (SSSR count). The molecule has 0 N–H and O–H groups in total. The van der Waals surface area contributed by atoms with E-state index in [-0.39, 0.29) is 11.8 Å². The summed E-state index contributed by atoms with van der Waals surface area (Å²) in [5.41, 5.74) is 2.67. The van der Waals surface area contributed by atoms with Crippen LogP contribution in [-0.2, 0) is 14.3 Å². The molecule has 5 nitrogen and oxygen atoms in total. The fourth-order valence-corrected chi connectivity index (χ4v) is 4.04. The summed E-state index contributed by atoms with van der Waals surface area (Å²) in [4.78, 5) is 29.9. The topological polar surface area (TPSA) is 49.9 Å². The molecular formula is C21H18Cl2N2O3. The maximum atomic E-state index is 13.4. The van der Waals surface area contributed by atoms with E-state index in [2.05, 4.69) is 0 Å². The summed E-state index contributed by atoms with van der Waals surface area (Å²) >= 11 is 12.4. The lowest BCUT2D eigenvalue weighted by atomic mass is 10.0. The van der Waals surface area contributed by atoms with Crippen molar-refractivity contribution in [1.82, 2.24) is 4.90 Å². The Morgan fingerprint density at radius 3 is 2.39 bits per heavy atom. The number of hydrogen-bond donors (Lipinski definition) is 0. The van der Waals surface area contributed by atoms with Gasteiger partial charge in [-0.2, -0.15) is 0 Å². The summed E-state index contributed by atoms with van der Waals surface area (Å²) in [6.45, 7) is 3.98. The number of aryl methyl sites for hydroxylation is 1. The van der Waals surface area contributed by atoms with Gasteiger partial charge in [-0.25, -0.2) is 4.90 Å². The van der Waals surface area contributed by atoms with Gasteiger partial charge in [-0.05, 0) is 36.8 Å². The molecule has 0 radical (unpaired) electrons. The molecule has 2 aliphatic rings. The average molecular weight is 417 g/mol. The van der Waals surface area contributed by atoms with Gasteiger partial charge in [0, 0.05) is 23.7 Å². The predicted molar refractivity (Wildman–Crippen MR) is 109 cm³/mol. The van der Waals surface area contributed by atoms with Gasteiger partial charge in [-0.3, -0.25) is 9.59 Å². The number of hydrogen-bond acceptors (Lipinski definition) is 4. The summed E-state index contributed by atoms with van der Waals surface area (Å²) in [5, 5.41) is 0.801. The van der Waals surface area contributed by atoms with Crippen LogP contribution in [-0.4, -0.2) is 43.0 Å². The molecule has 0 aliphatic carbocycles. The molecule has 0 unspecified atom stereocenters. The highest BCUT2D eigenvalue weighted by atomic mass is 35.5. The SMILES string of the molecule is Cc1cccc(N2C(=O)C(c3ccc(Cl)cc3Cl)=C(N3CCOCC3)C2=O)c1. The van der Waals surface area contributed by atoms with Gasteiger partial charge in [0.25, 0.3) is 11.8 Å². The fourth-order valence-electron chi connectivity index (χ4n) is 3.54. The molecule has 2 aliphatic heterocycles. The molecule has 0 spiro atoms. The lowest BCUT2D eigenvalue weighted by Crippen LogP contribution is -2.40. The van der Waals surface area contributed by atoms with Crippen molar-refractivity contribution >= 4 is 46.3 Å². The largest absolute Gasteiger partial charge is 0.378 e. The van der Waals surface area contributed by atoms with Gasteiger partial charge >= 0.3 is 0 Å². The Hall–Kier alpha value is -2.34. The van der Waals surface area contributed by atoms with Crippen LogP contribution in [0.5, 0.6) is 0 Å². The van der Waals surface area contributed by atoms with Crippen molar-refractivity contribution in [3.63, 3.8) is 0 Å². The Balaban J connectivity index is 1.87. The molecule has 0 aromatic heterocycles. The minimum atomic E-state index is -0.388. The van der Waals surface area contributed by atoms with Crippen LogP contribution in [0.25, 0.3) is 5.57 Å². The lowest BCUT2D eigenvalue weighted by Gasteiger charge is -2.29. The second-order valence-corrected chi connectivity index (χ2v) is 7.58. The van der Waals surface area contributed by atoms with Crippen molar-refractivity contribution in [2.75, 3.05) is 31.2 Å². The van der Waals surface area contributed by atoms with E-state index in [1.54, 1.807) is 24.3 Å². The highest BCUT2D eigenvalue weighted by Gasteiger charge is 2.43. The smallest absolute Gasteiger partial charge is 0.282 e. The van der Waals surface area contributed by atoms with Gasteiger partial charge in [0.05, 0.1) is 29.5 Å². The average Bonchev–Trinajstić information content (AvgIpc) is 2.93. The van der Waals surface area contributed by atoms with Crippen molar-refractivity contribution < 1.29 is 14.3 Å². The molecule has 1 fully saturated rings. The Morgan fingerprint density at radius 1 is 0.964 bits per heavy atom. The van der Waals surface area contributed by atoms with Crippen LogP contribution < -0.4 is 4.90 Å². The molecule has 7 heteroatoms. The third-order valence-electron chi connectivity index (χ3n) is 4.85. The van der Waals surface area contributed by atoms with E-state index in [1.165, 1.54) is 4.90 Å². The van der Waals surface area contributed by atoms with Crippen molar-refractivity contribution in [1.29, 1.82) is 0 Å². The molecule has 28 heavy (non-hydrogen) atoms. The number of anilines is 1. The number of morpholine rings is 1. The molecular weight excluding hydrogens is 399 g/mol. The Bertz CT molecular complexity index is 997. The third kappa shape index (κ3) is 3.30. The van der Waals surface area contributed by atoms with E-state index < -0.39 is 0 Å². The molecule has 0 saturated carbocycles. The number of amides is 2. The first-order chi connectivity index (χ1) is 13.5. The van der Waals surface area contributed by atoms with Crippen LogP contribution in [0.15, 0.2) is 48.2 Å². The summed E-state index contributed by atoms with van der Waals surface area (Å²) in [6.07, 6.45) is 0. The van der Waals surface area contributed by atoms with Gasteiger partial charge < -0.3 is 9.64 Å². The zero-order chi connectivity index (χ0) is 19.8. The van der Waals surface area contributed by atoms with Crippen molar-refractivity contribution in [2.24, 2.45) is 0 Å². The summed E-state index contributed by atoms with van der Waals surface area (Å²) in [5.74, 6) is -0.736. The van der Waals surface area contributed by atoms with E-state index in [9.17, 15) is 9.59 Å². The quantitative estimate of drug-likeness (QED) is 0.711. The molecule has 0 bridgehead atoms. The van der Waals surface area contributed by atoms with Crippen LogP contribution in [0.2, 0.25) is 10.0 Å². The summed E-state index contributed by atoms with van der Waals surface area (Å²) in [6, 6.07) is 12.3. The van der Waals surface area contributed by atoms with E-state index in [0.717, 1.165) is 5.56 Å². The monoisotopic (exact) mass is 416 g/mol. The van der Waals surface area contributed by atoms with Crippen molar-refractivity contribution in [2.45, 2.75) is 6.92 Å². The lowest BCUT2D eigenvalue weighted by molar-refractivity contribution is -0.121. The van der Waals surface area contributed by atoms with Crippen molar-refractivity contribution in [3.8, 4) is 0 Å². The zero-order valence-corrected chi connectivity index (χ0v) is 16.8.